The molecule has 0 atom stereocenters. The first-order valence-electron chi connectivity index (χ1n) is 4.39. The van der Waals surface area contributed by atoms with E-state index in [1.807, 2.05) is 17.5 Å². The molecule has 0 saturated heterocycles. The number of thiophene rings is 2. The van der Waals surface area contributed by atoms with E-state index in [0.29, 0.717) is 15.5 Å². The van der Waals surface area contributed by atoms with E-state index in [2.05, 4.69) is 0 Å². The van der Waals surface area contributed by atoms with Gasteiger partial charge in [0.2, 0.25) is 0 Å². The van der Waals surface area contributed by atoms with Gasteiger partial charge in [0.25, 0.3) is 0 Å². The van der Waals surface area contributed by atoms with Crippen LogP contribution in [0.25, 0.3) is 12.2 Å². The zero-order chi connectivity index (χ0) is 11.5. The van der Waals surface area contributed by atoms with Crippen molar-refractivity contribution >= 4 is 52.4 Å². The Morgan fingerprint density at radius 1 is 1.31 bits per heavy atom. The van der Waals surface area contributed by atoms with E-state index in [4.69, 9.17) is 16.7 Å². The van der Waals surface area contributed by atoms with E-state index in [1.54, 1.807) is 16.8 Å². The molecule has 1 N–H and O–H groups in total. The predicted molar refractivity (Wildman–Crippen MR) is 69.5 cm³/mol. The van der Waals surface area contributed by atoms with Crippen molar-refractivity contribution < 1.29 is 9.90 Å². The first kappa shape index (κ1) is 11.4. The van der Waals surface area contributed by atoms with Crippen molar-refractivity contribution in [1.82, 2.24) is 0 Å². The number of hydrogen-bond donors (Lipinski definition) is 1. The molecule has 0 amide bonds. The van der Waals surface area contributed by atoms with Crippen LogP contribution in [0.5, 0.6) is 0 Å². The molecular weight excluding hydrogens is 264 g/mol. The maximum absolute atomic E-state index is 10.9. The fourth-order valence-corrected chi connectivity index (χ4v) is 2.89. The molecule has 2 rings (SSSR count). The van der Waals surface area contributed by atoms with Crippen LogP contribution in [-0.4, -0.2) is 11.1 Å². The lowest BCUT2D eigenvalue weighted by molar-refractivity contribution is 0.0697. The van der Waals surface area contributed by atoms with Gasteiger partial charge in [-0.15, -0.1) is 11.3 Å². The average Bonchev–Trinajstić information content (AvgIpc) is 2.83. The van der Waals surface area contributed by atoms with Crippen LogP contribution in [0.15, 0.2) is 22.2 Å². The van der Waals surface area contributed by atoms with Gasteiger partial charge < -0.3 is 5.11 Å². The van der Waals surface area contributed by atoms with Crippen molar-refractivity contribution in [2.45, 2.75) is 0 Å². The molecule has 0 saturated carbocycles. The highest BCUT2D eigenvalue weighted by molar-refractivity contribution is 7.14. The highest BCUT2D eigenvalue weighted by Crippen LogP contribution is 2.25. The maximum Gasteiger partial charge on any atom is 0.337 e. The Bertz CT molecular complexity index is 540. The number of carboxylic acid groups (broad SMARTS) is 1. The fourth-order valence-electron chi connectivity index (χ4n) is 1.21. The van der Waals surface area contributed by atoms with Crippen molar-refractivity contribution in [3.8, 4) is 0 Å². The van der Waals surface area contributed by atoms with Crippen LogP contribution in [-0.2, 0) is 0 Å². The Labute approximate surface area is 105 Å². The summed E-state index contributed by atoms with van der Waals surface area (Å²) in [6.45, 7) is 0. The Morgan fingerprint density at radius 3 is 2.69 bits per heavy atom. The van der Waals surface area contributed by atoms with Gasteiger partial charge in [0.1, 0.15) is 4.34 Å². The standard InChI is InChI=1S/C11H7ClO2S2/c12-10-7(3-4-16-10)1-2-8-5-15-6-9(8)11(13)14/h1-6H,(H,13,14)/b2-1+. The van der Waals surface area contributed by atoms with Gasteiger partial charge in [0, 0.05) is 10.9 Å². The molecule has 0 bridgehead atoms. The number of halogens is 1. The van der Waals surface area contributed by atoms with E-state index in [-0.39, 0.29) is 0 Å². The van der Waals surface area contributed by atoms with Gasteiger partial charge in [-0.3, -0.25) is 0 Å². The summed E-state index contributed by atoms with van der Waals surface area (Å²) in [6.07, 6.45) is 3.60. The van der Waals surface area contributed by atoms with Gasteiger partial charge in [-0.05, 0) is 22.4 Å². The number of aromatic carboxylic acids is 1. The lowest BCUT2D eigenvalue weighted by Crippen LogP contribution is -1.95. The third kappa shape index (κ3) is 2.35. The number of hydrogen-bond acceptors (Lipinski definition) is 3. The Balaban J connectivity index is 2.27. The molecule has 2 nitrogen and oxygen atoms in total. The molecule has 16 heavy (non-hydrogen) atoms. The third-order valence-electron chi connectivity index (χ3n) is 2.01. The van der Waals surface area contributed by atoms with Crippen molar-refractivity contribution in [2.75, 3.05) is 0 Å². The largest absolute Gasteiger partial charge is 0.478 e. The second-order valence-corrected chi connectivity index (χ2v) is 5.29. The minimum absolute atomic E-state index is 0.326. The van der Waals surface area contributed by atoms with Crippen LogP contribution >= 0.6 is 34.3 Å². The van der Waals surface area contributed by atoms with E-state index >= 15 is 0 Å². The van der Waals surface area contributed by atoms with Crippen molar-refractivity contribution in [3.05, 3.63) is 43.2 Å². The SMILES string of the molecule is O=C(O)c1cscc1/C=C/c1ccsc1Cl. The van der Waals surface area contributed by atoms with E-state index in [0.717, 1.165) is 5.56 Å². The van der Waals surface area contributed by atoms with E-state index < -0.39 is 5.97 Å². The molecule has 2 heterocycles. The minimum atomic E-state index is -0.905. The average molecular weight is 271 g/mol. The van der Waals surface area contributed by atoms with Gasteiger partial charge in [-0.2, -0.15) is 11.3 Å². The normalized spacial score (nSPS) is 11.1. The predicted octanol–water partition coefficient (Wildman–Crippen LogP) is 4.33. The summed E-state index contributed by atoms with van der Waals surface area (Å²) in [7, 11) is 0. The zero-order valence-corrected chi connectivity index (χ0v) is 10.4. The second-order valence-electron chi connectivity index (χ2n) is 3.03. The van der Waals surface area contributed by atoms with Gasteiger partial charge in [-0.25, -0.2) is 4.79 Å². The molecule has 0 unspecified atom stereocenters. The topological polar surface area (TPSA) is 37.3 Å². The molecule has 0 aliphatic heterocycles. The lowest BCUT2D eigenvalue weighted by Gasteiger charge is -1.92. The van der Waals surface area contributed by atoms with Crippen LogP contribution in [0.1, 0.15) is 21.5 Å². The highest BCUT2D eigenvalue weighted by Gasteiger charge is 2.08. The number of carboxylic acids is 1. The summed E-state index contributed by atoms with van der Waals surface area (Å²) in [4.78, 5) is 10.9. The molecule has 0 radical (unpaired) electrons. The molecule has 2 aromatic rings. The smallest absolute Gasteiger partial charge is 0.337 e. The van der Waals surface area contributed by atoms with Crippen molar-refractivity contribution in [2.24, 2.45) is 0 Å². The van der Waals surface area contributed by atoms with Gasteiger partial charge in [0.15, 0.2) is 0 Å². The zero-order valence-electron chi connectivity index (χ0n) is 8.01. The molecule has 0 aromatic carbocycles. The molecule has 0 aliphatic carbocycles. The van der Waals surface area contributed by atoms with Crippen LogP contribution < -0.4 is 0 Å². The summed E-state index contributed by atoms with van der Waals surface area (Å²) in [5.41, 5.74) is 1.95. The monoisotopic (exact) mass is 270 g/mol. The van der Waals surface area contributed by atoms with Gasteiger partial charge in [-0.1, -0.05) is 23.8 Å². The first-order valence-corrected chi connectivity index (χ1v) is 6.59. The lowest BCUT2D eigenvalue weighted by atomic mass is 10.1. The van der Waals surface area contributed by atoms with E-state index in [1.165, 1.54) is 22.7 Å². The van der Waals surface area contributed by atoms with Crippen LogP contribution in [0, 0.1) is 0 Å². The van der Waals surface area contributed by atoms with Crippen LogP contribution in [0.4, 0.5) is 0 Å². The molecule has 5 heteroatoms. The number of rotatable bonds is 3. The van der Waals surface area contributed by atoms with Crippen LogP contribution in [0.2, 0.25) is 4.34 Å². The van der Waals surface area contributed by atoms with E-state index in [9.17, 15) is 4.79 Å². The molecule has 82 valence electrons. The van der Waals surface area contributed by atoms with Crippen LogP contribution in [0.3, 0.4) is 0 Å². The first-order chi connectivity index (χ1) is 7.68. The summed E-state index contributed by atoms with van der Waals surface area (Å²) >= 11 is 8.76. The Morgan fingerprint density at radius 2 is 2.06 bits per heavy atom. The summed E-state index contributed by atoms with van der Waals surface area (Å²) in [5, 5.41) is 14.2. The maximum atomic E-state index is 10.9. The summed E-state index contributed by atoms with van der Waals surface area (Å²) < 4.78 is 0.711. The molecule has 0 fully saturated rings. The quantitative estimate of drug-likeness (QED) is 0.901. The van der Waals surface area contributed by atoms with Gasteiger partial charge >= 0.3 is 5.97 Å². The Hall–Kier alpha value is -1.10. The molecule has 0 spiro atoms. The number of carbonyl (C=O) groups is 1. The Kier molecular flexibility index (Phi) is 3.43. The highest BCUT2D eigenvalue weighted by atomic mass is 35.5. The summed E-state index contributed by atoms with van der Waals surface area (Å²) in [5.74, 6) is -0.905. The third-order valence-corrected chi connectivity index (χ3v) is 3.97. The minimum Gasteiger partial charge on any atom is -0.478 e. The second kappa shape index (κ2) is 4.82. The molecular formula is C11H7ClO2S2. The summed E-state index contributed by atoms with van der Waals surface area (Å²) in [6, 6.07) is 1.90. The van der Waals surface area contributed by atoms with Crippen molar-refractivity contribution in [3.63, 3.8) is 0 Å². The van der Waals surface area contributed by atoms with Gasteiger partial charge in [0.05, 0.1) is 5.56 Å². The van der Waals surface area contributed by atoms with Crippen molar-refractivity contribution in [1.29, 1.82) is 0 Å². The molecule has 2 aromatic heterocycles. The molecule has 0 aliphatic rings. The fraction of sp³-hybridized carbons (Fsp3) is 0.